The molecule has 2 rings (SSSR count). The number of thioether (sulfide) groups is 1. The van der Waals surface area contributed by atoms with Crippen LogP contribution in [0.3, 0.4) is 0 Å². The Labute approximate surface area is 125 Å². The van der Waals surface area contributed by atoms with Gasteiger partial charge in [0.1, 0.15) is 6.04 Å². The van der Waals surface area contributed by atoms with Gasteiger partial charge in [0.15, 0.2) is 0 Å². The van der Waals surface area contributed by atoms with Gasteiger partial charge in [-0.2, -0.15) is 11.8 Å². The normalized spacial score (nSPS) is 18.3. The molecule has 7 nitrogen and oxygen atoms in total. The highest BCUT2D eigenvalue weighted by atomic mass is 32.2. The average Bonchev–Trinajstić information content (AvgIpc) is 2.45. The zero-order valence-electron chi connectivity index (χ0n) is 11.3. The van der Waals surface area contributed by atoms with Gasteiger partial charge in [0.25, 0.3) is 11.6 Å². The number of nitro benzene ring substituents is 1. The lowest BCUT2D eigenvalue weighted by molar-refractivity contribution is -0.385. The van der Waals surface area contributed by atoms with E-state index in [0.717, 1.165) is 0 Å². The molecule has 112 valence electrons. The number of nitro groups is 1. The van der Waals surface area contributed by atoms with E-state index in [4.69, 9.17) is 0 Å². The van der Waals surface area contributed by atoms with E-state index >= 15 is 0 Å². The molecule has 1 fully saturated rings. The molecule has 1 aliphatic rings. The lowest BCUT2D eigenvalue weighted by Gasteiger charge is -2.32. The highest BCUT2D eigenvalue weighted by Gasteiger charge is 2.33. The van der Waals surface area contributed by atoms with Crippen LogP contribution in [0.25, 0.3) is 0 Å². The van der Waals surface area contributed by atoms with Crippen molar-refractivity contribution >= 4 is 29.3 Å². The van der Waals surface area contributed by atoms with Gasteiger partial charge >= 0.3 is 5.97 Å². The van der Waals surface area contributed by atoms with Gasteiger partial charge in [0.2, 0.25) is 0 Å². The van der Waals surface area contributed by atoms with Crippen molar-refractivity contribution in [3.8, 4) is 0 Å². The summed E-state index contributed by atoms with van der Waals surface area (Å²) in [5.74, 6) is -0.399. The Kier molecular flexibility index (Phi) is 4.46. The van der Waals surface area contributed by atoms with Gasteiger partial charge in [0.05, 0.1) is 4.92 Å². The lowest BCUT2D eigenvalue weighted by Crippen LogP contribution is -2.50. The topological polar surface area (TPSA) is 101 Å². The van der Waals surface area contributed by atoms with E-state index in [1.54, 1.807) is 6.92 Å². The molecule has 1 heterocycles. The number of amides is 1. The number of nitrogens with zero attached hydrogens (tertiary/aromatic N) is 2. The van der Waals surface area contributed by atoms with E-state index in [-0.39, 0.29) is 11.3 Å². The molecule has 0 bridgehead atoms. The summed E-state index contributed by atoms with van der Waals surface area (Å²) in [6, 6.07) is 3.22. The predicted molar refractivity (Wildman–Crippen MR) is 77.6 cm³/mol. The van der Waals surface area contributed by atoms with Crippen LogP contribution in [-0.4, -0.2) is 50.9 Å². The van der Waals surface area contributed by atoms with Crippen LogP contribution in [0.1, 0.15) is 15.9 Å². The van der Waals surface area contributed by atoms with Crippen molar-refractivity contribution in [1.29, 1.82) is 0 Å². The first-order valence-electron chi connectivity index (χ1n) is 6.28. The van der Waals surface area contributed by atoms with Crippen molar-refractivity contribution in [1.82, 2.24) is 4.90 Å². The lowest BCUT2D eigenvalue weighted by atomic mass is 10.1. The molecule has 0 spiro atoms. The summed E-state index contributed by atoms with van der Waals surface area (Å²) in [4.78, 5) is 35.2. The monoisotopic (exact) mass is 310 g/mol. The Morgan fingerprint density at radius 2 is 2.19 bits per heavy atom. The van der Waals surface area contributed by atoms with Gasteiger partial charge in [-0.15, -0.1) is 0 Å². The Balaban J connectivity index is 2.28. The van der Waals surface area contributed by atoms with Crippen molar-refractivity contribution in [2.24, 2.45) is 0 Å². The number of benzene rings is 1. The molecule has 0 saturated carbocycles. The summed E-state index contributed by atoms with van der Waals surface area (Å²) in [6.07, 6.45) is 0. The molecule has 1 unspecified atom stereocenters. The van der Waals surface area contributed by atoms with Crippen LogP contribution in [0.2, 0.25) is 0 Å². The third kappa shape index (κ3) is 3.15. The molecule has 1 atom stereocenters. The highest BCUT2D eigenvalue weighted by molar-refractivity contribution is 7.99. The fraction of sp³-hybridized carbons (Fsp3) is 0.385. The molecule has 0 aliphatic carbocycles. The molecular weight excluding hydrogens is 296 g/mol. The third-order valence-corrected chi connectivity index (χ3v) is 4.34. The zero-order valence-corrected chi connectivity index (χ0v) is 12.1. The minimum Gasteiger partial charge on any atom is -0.480 e. The third-order valence-electron chi connectivity index (χ3n) is 3.31. The minimum atomic E-state index is -1.03. The van der Waals surface area contributed by atoms with Crippen molar-refractivity contribution in [3.63, 3.8) is 0 Å². The molecule has 8 heteroatoms. The van der Waals surface area contributed by atoms with E-state index in [1.165, 1.54) is 34.9 Å². The van der Waals surface area contributed by atoms with E-state index in [2.05, 4.69) is 0 Å². The number of rotatable bonds is 3. The number of aliphatic carboxylic acids is 1. The Hall–Kier alpha value is -2.09. The zero-order chi connectivity index (χ0) is 15.6. The molecule has 1 amide bonds. The fourth-order valence-electron chi connectivity index (χ4n) is 2.21. The second kappa shape index (κ2) is 6.13. The number of carboxylic acids is 1. The van der Waals surface area contributed by atoms with Crippen LogP contribution in [-0.2, 0) is 4.79 Å². The molecule has 21 heavy (non-hydrogen) atoms. The van der Waals surface area contributed by atoms with Gasteiger partial charge in [-0.25, -0.2) is 4.79 Å². The van der Waals surface area contributed by atoms with Gasteiger partial charge in [0, 0.05) is 35.2 Å². The Morgan fingerprint density at radius 3 is 2.76 bits per heavy atom. The Bertz CT molecular complexity index is 604. The maximum Gasteiger partial charge on any atom is 0.327 e. The summed E-state index contributed by atoms with van der Waals surface area (Å²) in [5.41, 5.74) is 0.593. The van der Waals surface area contributed by atoms with E-state index in [1.807, 2.05) is 0 Å². The summed E-state index contributed by atoms with van der Waals surface area (Å²) >= 11 is 1.49. The SMILES string of the molecule is Cc1cc(C(=O)N2CCSCC2C(=O)O)ccc1[N+](=O)[O-]. The van der Waals surface area contributed by atoms with Crippen LogP contribution < -0.4 is 0 Å². The maximum absolute atomic E-state index is 12.4. The second-order valence-electron chi connectivity index (χ2n) is 4.69. The summed E-state index contributed by atoms with van der Waals surface area (Å²) in [7, 11) is 0. The van der Waals surface area contributed by atoms with E-state index in [0.29, 0.717) is 23.6 Å². The highest BCUT2D eigenvalue weighted by Crippen LogP contribution is 2.23. The van der Waals surface area contributed by atoms with E-state index < -0.39 is 22.8 Å². The van der Waals surface area contributed by atoms with Crippen LogP contribution in [0.4, 0.5) is 5.69 Å². The fourth-order valence-corrected chi connectivity index (χ4v) is 3.25. The van der Waals surface area contributed by atoms with Crippen molar-refractivity contribution in [2.75, 3.05) is 18.1 Å². The van der Waals surface area contributed by atoms with Crippen LogP contribution in [0, 0.1) is 17.0 Å². The van der Waals surface area contributed by atoms with Crippen molar-refractivity contribution in [3.05, 3.63) is 39.4 Å². The first-order valence-corrected chi connectivity index (χ1v) is 7.44. The van der Waals surface area contributed by atoms with Crippen LogP contribution in [0.15, 0.2) is 18.2 Å². The first kappa shape index (κ1) is 15.3. The number of carbonyl (C=O) groups excluding carboxylic acids is 1. The number of carbonyl (C=O) groups is 2. The molecule has 0 radical (unpaired) electrons. The summed E-state index contributed by atoms with van der Waals surface area (Å²) in [6.45, 7) is 1.91. The second-order valence-corrected chi connectivity index (χ2v) is 5.84. The van der Waals surface area contributed by atoms with Gasteiger partial charge in [-0.3, -0.25) is 14.9 Å². The summed E-state index contributed by atoms with van der Waals surface area (Å²) in [5, 5.41) is 20.0. The van der Waals surface area contributed by atoms with Crippen molar-refractivity contribution in [2.45, 2.75) is 13.0 Å². The quantitative estimate of drug-likeness (QED) is 0.671. The molecule has 0 aromatic heterocycles. The minimum absolute atomic E-state index is 0.0597. The smallest absolute Gasteiger partial charge is 0.327 e. The molecule has 1 aromatic rings. The average molecular weight is 310 g/mol. The maximum atomic E-state index is 12.4. The van der Waals surface area contributed by atoms with Gasteiger partial charge in [-0.1, -0.05) is 0 Å². The molecular formula is C13H14N2O5S. The van der Waals surface area contributed by atoms with Gasteiger partial charge in [-0.05, 0) is 19.1 Å². The Morgan fingerprint density at radius 1 is 1.48 bits per heavy atom. The van der Waals surface area contributed by atoms with Crippen molar-refractivity contribution < 1.29 is 19.6 Å². The predicted octanol–water partition coefficient (Wildman–Crippen LogP) is 1.55. The number of hydrogen-bond acceptors (Lipinski definition) is 5. The number of hydrogen-bond donors (Lipinski definition) is 1. The molecule has 1 aliphatic heterocycles. The number of carboxylic acid groups (broad SMARTS) is 1. The van der Waals surface area contributed by atoms with E-state index in [9.17, 15) is 24.8 Å². The first-order chi connectivity index (χ1) is 9.91. The molecule has 1 aromatic carbocycles. The van der Waals surface area contributed by atoms with Crippen LogP contribution >= 0.6 is 11.8 Å². The molecule has 1 N–H and O–H groups in total. The largest absolute Gasteiger partial charge is 0.480 e. The van der Waals surface area contributed by atoms with Gasteiger partial charge < -0.3 is 10.0 Å². The number of aryl methyl sites for hydroxylation is 1. The van der Waals surface area contributed by atoms with Crippen LogP contribution in [0.5, 0.6) is 0 Å². The summed E-state index contributed by atoms with van der Waals surface area (Å²) < 4.78 is 0. The molecule has 1 saturated heterocycles. The standard InChI is InChI=1S/C13H14N2O5S/c1-8-6-9(2-3-10(8)15(19)20)12(16)14-4-5-21-7-11(14)13(17)18/h2-3,6,11H,4-5,7H2,1H3,(H,17,18).